The van der Waals surface area contributed by atoms with Gasteiger partial charge in [0.2, 0.25) is 4.80 Å². The zero-order valence-electron chi connectivity index (χ0n) is 10.3. The number of nitrogens with zero attached hydrogens (tertiary/aromatic N) is 3. The van der Waals surface area contributed by atoms with Gasteiger partial charge in [-0.15, -0.1) is 0 Å². The van der Waals surface area contributed by atoms with Crippen LogP contribution < -0.4 is 4.80 Å². The van der Waals surface area contributed by atoms with Crippen LogP contribution in [0.3, 0.4) is 0 Å². The maximum Gasteiger partial charge on any atom is 0.279 e. The van der Waals surface area contributed by atoms with Crippen LogP contribution in [0.25, 0.3) is 5.65 Å². The van der Waals surface area contributed by atoms with Gasteiger partial charge in [-0.2, -0.15) is 9.98 Å². The predicted octanol–water partition coefficient (Wildman–Crippen LogP) is 2.45. The summed E-state index contributed by atoms with van der Waals surface area (Å²) in [6, 6.07) is 13.0. The molecule has 0 unspecified atom stereocenters. The molecule has 19 heavy (non-hydrogen) atoms. The summed E-state index contributed by atoms with van der Waals surface area (Å²) in [5.74, 6) is -0.267. The van der Waals surface area contributed by atoms with Crippen LogP contribution in [0, 0.1) is 6.92 Å². The molecule has 0 aliphatic carbocycles. The first-order chi connectivity index (χ1) is 9.22. The Balaban J connectivity index is 2.04. The lowest BCUT2D eigenvalue weighted by Gasteiger charge is -1.91. The van der Waals surface area contributed by atoms with Crippen molar-refractivity contribution in [2.45, 2.75) is 6.92 Å². The fourth-order valence-electron chi connectivity index (χ4n) is 1.72. The molecule has 94 valence electrons. The molecule has 1 aromatic carbocycles. The van der Waals surface area contributed by atoms with E-state index in [-0.39, 0.29) is 5.91 Å². The second kappa shape index (κ2) is 4.78. The zero-order chi connectivity index (χ0) is 13.2. The minimum absolute atomic E-state index is 0.267. The molecule has 2 aromatic heterocycles. The topological polar surface area (TPSA) is 46.7 Å². The van der Waals surface area contributed by atoms with E-state index in [1.165, 1.54) is 11.5 Å². The number of aromatic nitrogens is 2. The van der Waals surface area contributed by atoms with Gasteiger partial charge >= 0.3 is 0 Å². The Morgan fingerprint density at radius 3 is 2.84 bits per heavy atom. The highest BCUT2D eigenvalue weighted by Gasteiger charge is 2.04. The van der Waals surface area contributed by atoms with Crippen LogP contribution in [0.4, 0.5) is 0 Å². The molecule has 0 N–H and O–H groups in total. The number of fused-ring (bicyclic) bond motifs is 1. The minimum Gasteiger partial charge on any atom is -0.267 e. The first-order valence-electron chi connectivity index (χ1n) is 5.83. The standard InChI is InChI=1S/C14H11N3OS/c1-10-7-8-17-12(9-10)15-14(19-17)16-13(18)11-5-3-2-4-6-11/h2-9H,1H3. The lowest BCUT2D eigenvalue weighted by Crippen LogP contribution is -2.04. The number of aryl methyl sites for hydroxylation is 1. The molecule has 3 rings (SSSR count). The third kappa shape index (κ3) is 2.46. The molecule has 0 bridgehead atoms. The molecule has 0 atom stereocenters. The highest BCUT2D eigenvalue weighted by Crippen LogP contribution is 2.05. The molecule has 0 saturated heterocycles. The summed E-state index contributed by atoms with van der Waals surface area (Å²) in [6.45, 7) is 2.01. The number of hydrogen-bond donors (Lipinski definition) is 0. The van der Waals surface area contributed by atoms with Crippen LogP contribution in [-0.2, 0) is 0 Å². The smallest absolute Gasteiger partial charge is 0.267 e. The average Bonchev–Trinajstić information content (AvgIpc) is 2.81. The summed E-state index contributed by atoms with van der Waals surface area (Å²) in [5.41, 5.74) is 2.51. The van der Waals surface area contributed by atoms with Gasteiger partial charge in [-0.1, -0.05) is 18.2 Å². The van der Waals surface area contributed by atoms with Crippen LogP contribution in [0.5, 0.6) is 0 Å². The van der Waals surface area contributed by atoms with E-state index in [1.807, 2.05) is 47.2 Å². The third-order valence-corrected chi connectivity index (χ3v) is 3.51. The first-order valence-corrected chi connectivity index (χ1v) is 6.60. The number of rotatable bonds is 1. The highest BCUT2D eigenvalue weighted by atomic mass is 32.1. The molecular weight excluding hydrogens is 258 g/mol. The summed E-state index contributed by atoms with van der Waals surface area (Å²) in [4.78, 5) is 20.8. The number of carbonyl (C=O) groups excluding carboxylic acids is 1. The van der Waals surface area contributed by atoms with Gasteiger partial charge in [0, 0.05) is 11.8 Å². The number of benzene rings is 1. The SMILES string of the molecule is Cc1ccn2sc(=NC(=O)c3ccccc3)nc2c1. The molecule has 1 amide bonds. The Bertz CT molecular complexity index is 802. The Hall–Kier alpha value is -2.27. The summed E-state index contributed by atoms with van der Waals surface area (Å²) < 4.78 is 1.89. The van der Waals surface area contributed by atoms with Crippen molar-refractivity contribution in [2.75, 3.05) is 0 Å². The molecule has 0 spiro atoms. The summed E-state index contributed by atoms with van der Waals surface area (Å²) in [6.07, 6.45) is 1.92. The number of amides is 1. The molecule has 2 heterocycles. The van der Waals surface area contributed by atoms with Gasteiger partial charge in [0.15, 0.2) is 0 Å². The fourth-order valence-corrected chi connectivity index (χ4v) is 2.46. The van der Waals surface area contributed by atoms with Crippen molar-refractivity contribution in [3.63, 3.8) is 0 Å². The summed E-state index contributed by atoms with van der Waals surface area (Å²) in [5, 5.41) is 0. The van der Waals surface area contributed by atoms with Crippen molar-refractivity contribution < 1.29 is 4.79 Å². The van der Waals surface area contributed by atoms with E-state index < -0.39 is 0 Å². The maximum atomic E-state index is 11.9. The van der Waals surface area contributed by atoms with E-state index in [4.69, 9.17) is 0 Å². The third-order valence-electron chi connectivity index (χ3n) is 2.66. The zero-order valence-corrected chi connectivity index (χ0v) is 11.1. The van der Waals surface area contributed by atoms with Crippen LogP contribution in [0.15, 0.2) is 53.7 Å². The average molecular weight is 269 g/mol. The normalized spacial score (nSPS) is 11.9. The fraction of sp³-hybridized carbons (Fsp3) is 0.0714. The van der Waals surface area contributed by atoms with Crippen molar-refractivity contribution in [3.8, 4) is 0 Å². The van der Waals surface area contributed by atoms with E-state index >= 15 is 0 Å². The largest absolute Gasteiger partial charge is 0.279 e. The van der Waals surface area contributed by atoms with Crippen LogP contribution in [0.1, 0.15) is 15.9 Å². The number of pyridine rings is 1. The number of carbonyl (C=O) groups is 1. The maximum absolute atomic E-state index is 11.9. The molecule has 0 aliphatic rings. The molecule has 0 fully saturated rings. The second-order valence-corrected chi connectivity index (χ2v) is 5.10. The predicted molar refractivity (Wildman–Crippen MR) is 74.1 cm³/mol. The monoisotopic (exact) mass is 269 g/mol. The molecule has 0 saturated carbocycles. The van der Waals surface area contributed by atoms with E-state index in [0.29, 0.717) is 10.4 Å². The number of hydrogen-bond acceptors (Lipinski definition) is 3. The van der Waals surface area contributed by atoms with Gasteiger partial charge in [0.05, 0.1) is 0 Å². The van der Waals surface area contributed by atoms with Crippen LogP contribution in [0.2, 0.25) is 0 Å². The van der Waals surface area contributed by atoms with Crippen molar-refractivity contribution in [3.05, 3.63) is 64.6 Å². The Kier molecular flexibility index (Phi) is 2.97. The Morgan fingerprint density at radius 1 is 1.26 bits per heavy atom. The highest BCUT2D eigenvalue weighted by molar-refractivity contribution is 7.03. The van der Waals surface area contributed by atoms with Gasteiger partial charge in [-0.05, 0) is 48.3 Å². The van der Waals surface area contributed by atoms with Crippen molar-refractivity contribution in [1.29, 1.82) is 0 Å². The summed E-state index contributed by atoms with van der Waals surface area (Å²) >= 11 is 1.35. The lowest BCUT2D eigenvalue weighted by atomic mass is 10.2. The molecule has 5 heteroatoms. The van der Waals surface area contributed by atoms with E-state index in [2.05, 4.69) is 9.98 Å². The van der Waals surface area contributed by atoms with E-state index in [9.17, 15) is 4.79 Å². The molecular formula is C14H11N3OS. The van der Waals surface area contributed by atoms with Crippen molar-refractivity contribution >= 4 is 23.1 Å². The molecule has 3 aromatic rings. The first kappa shape index (κ1) is 11.8. The van der Waals surface area contributed by atoms with Crippen molar-refractivity contribution in [1.82, 2.24) is 8.77 Å². The van der Waals surface area contributed by atoms with E-state index in [1.54, 1.807) is 12.1 Å². The minimum atomic E-state index is -0.267. The molecule has 0 radical (unpaired) electrons. The van der Waals surface area contributed by atoms with Crippen molar-refractivity contribution in [2.24, 2.45) is 4.99 Å². The molecule has 0 aliphatic heterocycles. The Labute approximate surface area is 113 Å². The lowest BCUT2D eigenvalue weighted by molar-refractivity contribution is 0.0998. The Morgan fingerprint density at radius 2 is 2.05 bits per heavy atom. The quantitative estimate of drug-likeness (QED) is 0.681. The van der Waals surface area contributed by atoms with Crippen LogP contribution >= 0.6 is 11.5 Å². The van der Waals surface area contributed by atoms with Gasteiger partial charge < -0.3 is 0 Å². The second-order valence-electron chi connectivity index (χ2n) is 4.16. The van der Waals surface area contributed by atoms with Gasteiger partial charge in [0.25, 0.3) is 5.91 Å². The van der Waals surface area contributed by atoms with Gasteiger partial charge in [0.1, 0.15) is 5.65 Å². The van der Waals surface area contributed by atoms with Gasteiger partial charge in [-0.25, -0.2) is 0 Å². The van der Waals surface area contributed by atoms with E-state index in [0.717, 1.165) is 11.2 Å². The van der Waals surface area contributed by atoms with Gasteiger partial charge in [-0.3, -0.25) is 8.58 Å². The summed E-state index contributed by atoms with van der Waals surface area (Å²) in [7, 11) is 0. The molecule has 4 nitrogen and oxygen atoms in total. The van der Waals surface area contributed by atoms with Crippen LogP contribution in [-0.4, -0.2) is 14.7 Å².